The normalized spacial score (nSPS) is 13.3. The van der Waals surface area contributed by atoms with Gasteiger partial charge in [0.05, 0.1) is 17.8 Å². The lowest BCUT2D eigenvalue weighted by atomic mass is 10.0. The maximum atomic E-state index is 12.3. The summed E-state index contributed by atoms with van der Waals surface area (Å²) >= 11 is 1.52. The van der Waals surface area contributed by atoms with Gasteiger partial charge in [-0.1, -0.05) is 42.8 Å². The van der Waals surface area contributed by atoms with Crippen LogP contribution in [0.3, 0.4) is 0 Å². The number of amides is 1. The average Bonchev–Trinajstić information content (AvgIpc) is 3.32. The largest absolute Gasteiger partial charge is 0.313 e. The molecule has 0 radical (unpaired) electrons. The lowest BCUT2D eigenvalue weighted by molar-refractivity contribution is -0.130. The highest BCUT2D eigenvalue weighted by molar-refractivity contribution is 7.16. The molecule has 1 N–H and O–H groups in total. The summed E-state index contributed by atoms with van der Waals surface area (Å²) in [7, 11) is 0. The Kier molecular flexibility index (Phi) is 5.86. The van der Waals surface area contributed by atoms with Crippen molar-refractivity contribution < 1.29 is 4.79 Å². The summed E-state index contributed by atoms with van der Waals surface area (Å²) in [5.74, 6) is -0.00862. The number of aromatic nitrogens is 1. The molecule has 0 bridgehead atoms. The zero-order valence-corrected chi connectivity index (χ0v) is 16.6. The van der Waals surface area contributed by atoms with Crippen LogP contribution in [0.25, 0.3) is 10.2 Å². The molecule has 27 heavy (non-hydrogen) atoms. The molecule has 2 aromatic heterocycles. The van der Waals surface area contributed by atoms with Crippen molar-refractivity contribution in [1.82, 2.24) is 9.99 Å². The fourth-order valence-electron chi connectivity index (χ4n) is 3.05. The van der Waals surface area contributed by atoms with E-state index in [1.54, 1.807) is 0 Å². The first kappa shape index (κ1) is 19.0. The van der Waals surface area contributed by atoms with Crippen LogP contribution in [0.15, 0.2) is 51.7 Å². The van der Waals surface area contributed by atoms with Gasteiger partial charge in [0.15, 0.2) is 0 Å². The zero-order chi connectivity index (χ0) is 19.4. The molecule has 0 aliphatic carbocycles. The Morgan fingerprint density at radius 2 is 1.96 bits per heavy atom. The van der Waals surface area contributed by atoms with Gasteiger partial charge >= 0.3 is 0 Å². The van der Waals surface area contributed by atoms with E-state index >= 15 is 0 Å². The van der Waals surface area contributed by atoms with Crippen molar-refractivity contribution in [2.24, 2.45) is 5.10 Å². The number of thiophene rings is 1. The van der Waals surface area contributed by atoms with Crippen molar-refractivity contribution in [3.05, 3.63) is 68.8 Å². The second-order valence-electron chi connectivity index (χ2n) is 6.44. The molecule has 1 aliphatic heterocycles. The maximum absolute atomic E-state index is 12.3. The van der Waals surface area contributed by atoms with E-state index in [1.165, 1.54) is 21.9 Å². The van der Waals surface area contributed by atoms with Crippen LogP contribution in [0.2, 0.25) is 0 Å². The van der Waals surface area contributed by atoms with Crippen molar-refractivity contribution in [2.75, 3.05) is 6.54 Å². The van der Waals surface area contributed by atoms with Crippen molar-refractivity contribution in [3.63, 3.8) is 0 Å². The molecule has 6 heteroatoms. The molecule has 0 spiro atoms. The Bertz CT molecular complexity index is 1030. The van der Waals surface area contributed by atoms with Gasteiger partial charge in [0.1, 0.15) is 4.83 Å². The molecule has 5 nitrogen and oxygen atoms in total. The highest BCUT2D eigenvalue weighted by Gasteiger charge is 2.24. The molecule has 140 valence electrons. The summed E-state index contributed by atoms with van der Waals surface area (Å²) in [5.41, 5.74) is 3.46. The number of hydrazone groups is 1. The Morgan fingerprint density at radius 3 is 2.59 bits per heavy atom. The topological polar surface area (TPSA) is 65.5 Å². The lowest BCUT2D eigenvalue weighted by Crippen LogP contribution is -2.22. The Morgan fingerprint density at radius 1 is 1.22 bits per heavy atom. The van der Waals surface area contributed by atoms with Gasteiger partial charge in [-0.05, 0) is 30.9 Å². The summed E-state index contributed by atoms with van der Waals surface area (Å²) in [5, 5.41) is 8.80. The molecule has 1 aliphatic rings. The summed E-state index contributed by atoms with van der Waals surface area (Å²) in [6, 6.07) is 12.3. The Labute approximate surface area is 162 Å². The highest BCUT2D eigenvalue weighted by atomic mass is 32.1. The second kappa shape index (κ2) is 8.31. The lowest BCUT2D eigenvalue weighted by Gasteiger charge is -2.08. The average molecular weight is 382 g/mol. The number of pyridine rings is 1. The third-order valence-corrected chi connectivity index (χ3v) is 5.35. The van der Waals surface area contributed by atoms with Crippen molar-refractivity contribution >= 4 is 33.2 Å². The Hall–Kier alpha value is -2.73. The van der Waals surface area contributed by atoms with E-state index in [0.29, 0.717) is 30.7 Å². The number of fused-ring (bicyclic) bond motifs is 1. The van der Waals surface area contributed by atoms with Crippen LogP contribution in [0.5, 0.6) is 0 Å². The number of benzene rings is 1. The SMILES string of the molecule is CCC(=O)N1CCC(c2c(C)c3ccsc3[nH]c2=O)=N1.Cc1ccccc1. The molecular formula is C21H23N3O2S. The van der Waals surface area contributed by atoms with Crippen LogP contribution in [0, 0.1) is 13.8 Å². The molecule has 3 aromatic rings. The molecule has 0 saturated carbocycles. The number of carbonyl (C=O) groups excluding carboxylic acids is 1. The van der Waals surface area contributed by atoms with E-state index in [9.17, 15) is 9.59 Å². The first-order valence-electron chi connectivity index (χ1n) is 9.01. The monoisotopic (exact) mass is 381 g/mol. The van der Waals surface area contributed by atoms with Crippen molar-refractivity contribution in [3.8, 4) is 0 Å². The van der Waals surface area contributed by atoms with Gasteiger partial charge < -0.3 is 4.98 Å². The number of aryl methyl sites for hydroxylation is 2. The molecule has 1 amide bonds. The fourth-order valence-corrected chi connectivity index (χ4v) is 3.89. The summed E-state index contributed by atoms with van der Waals surface area (Å²) < 4.78 is 0. The second-order valence-corrected chi connectivity index (χ2v) is 7.36. The van der Waals surface area contributed by atoms with Gasteiger partial charge in [-0.15, -0.1) is 11.3 Å². The number of rotatable bonds is 2. The third-order valence-electron chi connectivity index (χ3n) is 4.52. The molecule has 0 atom stereocenters. The van der Waals surface area contributed by atoms with Gasteiger partial charge in [-0.2, -0.15) is 5.10 Å². The Balaban J connectivity index is 0.000000253. The summed E-state index contributed by atoms with van der Waals surface area (Å²) in [6.45, 7) is 6.39. The first-order valence-corrected chi connectivity index (χ1v) is 9.89. The van der Waals surface area contributed by atoms with Gasteiger partial charge in [-0.3, -0.25) is 9.59 Å². The van der Waals surface area contributed by atoms with E-state index in [-0.39, 0.29) is 11.5 Å². The number of hydrogen-bond acceptors (Lipinski definition) is 4. The number of carbonyl (C=O) groups is 1. The van der Waals surface area contributed by atoms with E-state index in [1.807, 2.05) is 43.5 Å². The minimum atomic E-state index is -0.123. The fraction of sp³-hybridized carbons (Fsp3) is 0.286. The smallest absolute Gasteiger partial charge is 0.258 e. The van der Waals surface area contributed by atoms with Crippen LogP contribution >= 0.6 is 11.3 Å². The van der Waals surface area contributed by atoms with E-state index < -0.39 is 0 Å². The summed E-state index contributed by atoms with van der Waals surface area (Å²) in [6.07, 6.45) is 1.06. The molecule has 1 aromatic carbocycles. The molecule has 3 heterocycles. The zero-order valence-electron chi connectivity index (χ0n) is 15.8. The van der Waals surface area contributed by atoms with Crippen LogP contribution in [0.1, 0.15) is 36.5 Å². The van der Waals surface area contributed by atoms with Crippen LogP contribution in [-0.4, -0.2) is 28.2 Å². The van der Waals surface area contributed by atoms with Gasteiger partial charge in [0.2, 0.25) is 5.91 Å². The highest BCUT2D eigenvalue weighted by Crippen LogP contribution is 2.24. The van der Waals surface area contributed by atoms with Gasteiger partial charge in [0, 0.05) is 18.2 Å². The predicted octanol–water partition coefficient (Wildman–Crippen LogP) is 4.24. The molecular weight excluding hydrogens is 358 g/mol. The van der Waals surface area contributed by atoms with E-state index in [2.05, 4.69) is 29.1 Å². The van der Waals surface area contributed by atoms with Crippen LogP contribution < -0.4 is 5.56 Å². The van der Waals surface area contributed by atoms with Crippen LogP contribution in [-0.2, 0) is 4.79 Å². The van der Waals surface area contributed by atoms with Crippen LogP contribution in [0.4, 0.5) is 0 Å². The number of aromatic amines is 1. The molecule has 0 unspecified atom stereocenters. The number of nitrogens with zero attached hydrogens (tertiary/aromatic N) is 2. The number of H-pyrrole nitrogens is 1. The molecule has 0 fully saturated rings. The van der Waals surface area contributed by atoms with E-state index in [0.717, 1.165) is 15.8 Å². The van der Waals surface area contributed by atoms with Gasteiger partial charge in [0.25, 0.3) is 5.56 Å². The minimum absolute atomic E-state index is 0.00862. The predicted molar refractivity (Wildman–Crippen MR) is 112 cm³/mol. The maximum Gasteiger partial charge on any atom is 0.258 e. The number of hydrogen-bond donors (Lipinski definition) is 1. The summed E-state index contributed by atoms with van der Waals surface area (Å²) in [4.78, 5) is 27.7. The van der Waals surface area contributed by atoms with E-state index in [4.69, 9.17) is 0 Å². The minimum Gasteiger partial charge on any atom is -0.313 e. The van der Waals surface area contributed by atoms with Crippen molar-refractivity contribution in [1.29, 1.82) is 0 Å². The standard InChI is InChI=1S/C14H15N3O2S.C7H8/c1-3-11(18)17-6-4-10(16-17)12-8(2)9-5-7-20-14(9)15-13(12)19;1-7-5-3-2-4-6-7/h5,7H,3-4,6H2,1-2H3,(H,15,19);2-6H,1H3. The number of nitrogens with one attached hydrogen (secondary N) is 1. The molecule has 4 rings (SSSR count). The van der Waals surface area contributed by atoms with Gasteiger partial charge in [-0.25, -0.2) is 5.01 Å². The van der Waals surface area contributed by atoms with Crippen molar-refractivity contribution in [2.45, 2.75) is 33.6 Å². The molecule has 0 saturated heterocycles. The first-order chi connectivity index (χ1) is 13.0. The quantitative estimate of drug-likeness (QED) is 0.721. The third kappa shape index (κ3) is 4.17.